The fourth-order valence-electron chi connectivity index (χ4n) is 2.68. The zero-order valence-electron chi connectivity index (χ0n) is 12.6. The van der Waals surface area contributed by atoms with Gasteiger partial charge >= 0.3 is 5.97 Å². The van der Waals surface area contributed by atoms with Crippen LogP contribution < -0.4 is 0 Å². The van der Waals surface area contributed by atoms with Crippen LogP contribution in [0.25, 0.3) is 22.2 Å². The Morgan fingerprint density at radius 1 is 1.26 bits per heavy atom. The number of imidazole rings is 1. The van der Waals surface area contributed by atoms with Crippen LogP contribution in [0, 0.1) is 5.82 Å². The molecule has 3 aromatic rings. The monoisotopic (exact) mass is 314 g/mol. The number of hydrogen-bond acceptors (Lipinski definition) is 3. The van der Waals surface area contributed by atoms with Gasteiger partial charge < -0.3 is 15.2 Å². The van der Waals surface area contributed by atoms with Gasteiger partial charge in [-0.15, -0.1) is 0 Å². The van der Waals surface area contributed by atoms with Gasteiger partial charge in [0.05, 0.1) is 28.5 Å². The molecule has 0 fully saturated rings. The largest absolute Gasteiger partial charge is 0.478 e. The number of aliphatic hydroxyl groups is 1. The van der Waals surface area contributed by atoms with Gasteiger partial charge in [-0.3, -0.25) is 0 Å². The molecule has 0 unspecified atom stereocenters. The molecule has 1 aromatic heterocycles. The van der Waals surface area contributed by atoms with E-state index in [1.165, 1.54) is 19.9 Å². The van der Waals surface area contributed by atoms with Crippen LogP contribution in [0.4, 0.5) is 4.39 Å². The number of rotatable bonds is 3. The molecule has 2 aromatic carbocycles. The summed E-state index contributed by atoms with van der Waals surface area (Å²) in [7, 11) is 0. The van der Waals surface area contributed by atoms with Crippen LogP contribution in [0.1, 0.15) is 29.8 Å². The molecule has 0 aliphatic carbocycles. The van der Waals surface area contributed by atoms with E-state index in [2.05, 4.69) is 9.97 Å². The summed E-state index contributed by atoms with van der Waals surface area (Å²) in [6.45, 7) is 2.92. The third kappa shape index (κ3) is 2.68. The van der Waals surface area contributed by atoms with E-state index in [1.807, 2.05) is 0 Å². The fraction of sp³-hybridized carbons (Fsp3) is 0.176. The molecule has 0 aliphatic rings. The minimum atomic E-state index is -1.46. The quantitative estimate of drug-likeness (QED) is 0.692. The van der Waals surface area contributed by atoms with Crippen LogP contribution in [0.5, 0.6) is 0 Å². The Labute approximate surface area is 131 Å². The fourth-order valence-corrected chi connectivity index (χ4v) is 2.68. The van der Waals surface area contributed by atoms with Gasteiger partial charge in [0.15, 0.2) is 0 Å². The van der Waals surface area contributed by atoms with Crippen molar-refractivity contribution in [1.82, 2.24) is 9.97 Å². The number of carboxylic acid groups (broad SMARTS) is 1. The van der Waals surface area contributed by atoms with Crippen LogP contribution in [0.15, 0.2) is 36.7 Å². The molecule has 6 heteroatoms. The molecular formula is C17H15FN2O3. The summed E-state index contributed by atoms with van der Waals surface area (Å²) >= 11 is 0. The topological polar surface area (TPSA) is 86.2 Å². The second kappa shape index (κ2) is 5.17. The maximum absolute atomic E-state index is 14.5. The first-order valence-electron chi connectivity index (χ1n) is 7.00. The number of carboxylic acids is 1. The van der Waals surface area contributed by atoms with Crippen molar-refractivity contribution in [3.63, 3.8) is 0 Å². The summed E-state index contributed by atoms with van der Waals surface area (Å²) in [6, 6.07) is 7.52. The van der Waals surface area contributed by atoms with Crippen LogP contribution in [-0.2, 0) is 5.60 Å². The number of nitrogens with zero attached hydrogens (tertiary/aromatic N) is 1. The standard InChI is InChI=1S/C17H15FN2O3/c1-17(2,23)15-11(5-10(16(21)22)6-12(15)18)9-3-4-13-14(7-9)20-8-19-13/h3-8,23H,1-2H3,(H,19,20)(H,21,22). The summed E-state index contributed by atoms with van der Waals surface area (Å²) in [5.41, 5.74) is 0.823. The molecule has 23 heavy (non-hydrogen) atoms. The number of aromatic nitrogens is 2. The summed E-state index contributed by atoms with van der Waals surface area (Å²) < 4.78 is 14.5. The van der Waals surface area contributed by atoms with Crippen molar-refractivity contribution in [2.75, 3.05) is 0 Å². The SMILES string of the molecule is CC(C)(O)c1c(F)cc(C(=O)O)cc1-c1ccc2[nH]cnc2c1. The minimum absolute atomic E-state index is 0.0531. The molecule has 0 spiro atoms. The molecule has 0 amide bonds. The second-order valence-electron chi connectivity index (χ2n) is 5.88. The number of carbonyl (C=O) groups is 1. The van der Waals surface area contributed by atoms with Crippen molar-refractivity contribution in [2.45, 2.75) is 19.4 Å². The van der Waals surface area contributed by atoms with Crippen LogP contribution in [-0.4, -0.2) is 26.2 Å². The van der Waals surface area contributed by atoms with Crippen molar-refractivity contribution < 1.29 is 19.4 Å². The summed E-state index contributed by atoms with van der Waals surface area (Å²) in [5, 5.41) is 19.5. The number of aromatic amines is 1. The van der Waals surface area contributed by atoms with E-state index < -0.39 is 17.4 Å². The van der Waals surface area contributed by atoms with Crippen LogP contribution in [0.3, 0.4) is 0 Å². The average Bonchev–Trinajstić information content (AvgIpc) is 2.92. The highest BCUT2D eigenvalue weighted by atomic mass is 19.1. The van der Waals surface area contributed by atoms with Gasteiger partial charge in [0, 0.05) is 5.56 Å². The van der Waals surface area contributed by atoms with Crippen molar-refractivity contribution in [1.29, 1.82) is 0 Å². The Morgan fingerprint density at radius 2 is 2.00 bits per heavy atom. The van der Waals surface area contributed by atoms with Gasteiger partial charge in [0.2, 0.25) is 0 Å². The van der Waals surface area contributed by atoms with Gasteiger partial charge in [0.25, 0.3) is 0 Å². The van der Waals surface area contributed by atoms with E-state index >= 15 is 0 Å². The van der Waals surface area contributed by atoms with E-state index in [4.69, 9.17) is 5.11 Å². The van der Waals surface area contributed by atoms with Crippen LogP contribution >= 0.6 is 0 Å². The number of halogens is 1. The smallest absolute Gasteiger partial charge is 0.335 e. The highest BCUT2D eigenvalue weighted by molar-refractivity contribution is 5.91. The number of nitrogens with one attached hydrogen (secondary N) is 1. The van der Waals surface area contributed by atoms with Crippen LogP contribution in [0.2, 0.25) is 0 Å². The highest BCUT2D eigenvalue weighted by Gasteiger charge is 2.27. The number of hydrogen-bond donors (Lipinski definition) is 3. The zero-order chi connectivity index (χ0) is 16.8. The molecule has 0 aliphatic heterocycles. The third-order valence-electron chi connectivity index (χ3n) is 3.68. The number of H-pyrrole nitrogens is 1. The summed E-state index contributed by atoms with van der Waals surface area (Å²) in [6.07, 6.45) is 1.54. The molecule has 3 rings (SSSR count). The van der Waals surface area contributed by atoms with Gasteiger partial charge in [0.1, 0.15) is 5.82 Å². The Hall–Kier alpha value is -2.73. The van der Waals surface area contributed by atoms with E-state index in [0.717, 1.165) is 11.6 Å². The Morgan fingerprint density at radius 3 is 2.65 bits per heavy atom. The van der Waals surface area contributed by atoms with Gasteiger partial charge in [-0.25, -0.2) is 14.2 Å². The molecule has 0 bridgehead atoms. The molecule has 0 radical (unpaired) electrons. The lowest BCUT2D eigenvalue weighted by atomic mass is 9.87. The van der Waals surface area contributed by atoms with Crippen molar-refractivity contribution >= 4 is 17.0 Å². The maximum atomic E-state index is 14.5. The Kier molecular flexibility index (Phi) is 3.41. The molecular weight excluding hydrogens is 299 g/mol. The predicted molar refractivity (Wildman–Crippen MR) is 83.7 cm³/mol. The number of fused-ring (bicyclic) bond motifs is 1. The normalized spacial score (nSPS) is 11.8. The molecule has 1 heterocycles. The molecule has 0 saturated carbocycles. The van der Waals surface area contributed by atoms with Crippen molar-refractivity contribution in [3.05, 3.63) is 53.6 Å². The first-order valence-corrected chi connectivity index (χ1v) is 7.00. The van der Waals surface area contributed by atoms with Gasteiger partial charge in [-0.2, -0.15) is 0 Å². The first-order chi connectivity index (χ1) is 10.8. The predicted octanol–water partition coefficient (Wildman–Crippen LogP) is 3.29. The Bertz CT molecular complexity index is 910. The molecule has 0 atom stereocenters. The van der Waals surface area contributed by atoms with Crippen molar-refractivity contribution in [2.24, 2.45) is 0 Å². The third-order valence-corrected chi connectivity index (χ3v) is 3.68. The van der Waals surface area contributed by atoms with Gasteiger partial charge in [-0.05, 0) is 49.2 Å². The van der Waals surface area contributed by atoms with E-state index in [-0.39, 0.29) is 11.1 Å². The van der Waals surface area contributed by atoms with Gasteiger partial charge in [-0.1, -0.05) is 6.07 Å². The lowest BCUT2D eigenvalue weighted by Gasteiger charge is -2.23. The lowest BCUT2D eigenvalue weighted by molar-refractivity contribution is 0.0686. The maximum Gasteiger partial charge on any atom is 0.335 e. The van der Waals surface area contributed by atoms with E-state index in [0.29, 0.717) is 16.6 Å². The van der Waals surface area contributed by atoms with E-state index in [1.54, 1.807) is 24.5 Å². The number of benzene rings is 2. The first kappa shape index (κ1) is 15.2. The lowest BCUT2D eigenvalue weighted by Crippen LogP contribution is -2.20. The average molecular weight is 314 g/mol. The second-order valence-corrected chi connectivity index (χ2v) is 5.88. The van der Waals surface area contributed by atoms with E-state index in [9.17, 15) is 14.3 Å². The highest BCUT2D eigenvalue weighted by Crippen LogP contribution is 2.35. The molecule has 5 nitrogen and oxygen atoms in total. The molecule has 0 saturated heterocycles. The zero-order valence-corrected chi connectivity index (χ0v) is 12.6. The summed E-state index contributed by atoms with van der Waals surface area (Å²) in [5.74, 6) is -1.98. The molecule has 118 valence electrons. The number of aromatic carboxylic acids is 1. The Balaban J connectivity index is 2.32. The minimum Gasteiger partial charge on any atom is -0.478 e. The van der Waals surface area contributed by atoms with Crippen molar-refractivity contribution in [3.8, 4) is 11.1 Å². The summed E-state index contributed by atoms with van der Waals surface area (Å²) in [4.78, 5) is 18.3. The molecule has 3 N–H and O–H groups in total.